The maximum Gasteiger partial charge on any atom is 0.317 e. The number of carbonyl (C=O) groups is 2. The minimum absolute atomic E-state index is 0.0976. The summed E-state index contributed by atoms with van der Waals surface area (Å²) in [5.74, 6) is 0.218. The van der Waals surface area contributed by atoms with Gasteiger partial charge in [0.2, 0.25) is 0 Å². The summed E-state index contributed by atoms with van der Waals surface area (Å²) in [5, 5.41) is 11.5. The van der Waals surface area contributed by atoms with E-state index in [1.54, 1.807) is 33.4 Å². The first-order valence-electron chi connectivity index (χ1n) is 7.92. The Hall–Kier alpha value is -2.48. The highest BCUT2D eigenvalue weighted by Crippen LogP contribution is 2.30. The normalized spacial score (nSPS) is 11.5. The standard InChI is InChI=1S/C17H26N2O6/c1-12(18-17(22)19(2)8-7-16(20)21)13-5-6-14(15(11-13)24-4)25-10-9-23-3/h5-6,11-12H,7-10H2,1-4H3,(H,18,22)(H,20,21). The summed E-state index contributed by atoms with van der Waals surface area (Å²) in [4.78, 5) is 24.0. The number of ether oxygens (including phenoxy) is 3. The number of aliphatic carboxylic acids is 1. The molecule has 0 aromatic heterocycles. The van der Waals surface area contributed by atoms with Crippen LogP contribution < -0.4 is 14.8 Å². The van der Waals surface area contributed by atoms with Crippen molar-refractivity contribution in [3.63, 3.8) is 0 Å². The number of amides is 2. The Labute approximate surface area is 147 Å². The lowest BCUT2D eigenvalue weighted by molar-refractivity contribution is -0.137. The second kappa shape index (κ2) is 10.4. The number of hydrogen-bond acceptors (Lipinski definition) is 5. The third-order valence-corrected chi connectivity index (χ3v) is 3.58. The van der Waals surface area contributed by atoms with Gasteiger partial charge in [-0.2, -0.15) is 0 Å². The smallest absolute Gasteiger partial charge is 0.317 e. The Bertz CT molecular complexity index is 578. The first-order valence-corrected chi connectivity index (χ1v) is 7.92. The quantitative estimate of drug-likeness (QED) is 0.623. The molecule has 0 radical (unpaired) electrons. The molecule has 8 heteroatoms. The summed E-state index contributed by atoms with van der Waals surface area (Å²) in [6, 6.07) is 4.80. The van der Waals surface area contributed by atoms with E-state index in [0.717, 1.165) is 5.56 Å². The predicted molar refractivity (Wildman–Crippen MR) is 92.2 cm³/mol. The third-order valence-electron chi connectivity index (χ3n) is 3.58. The van der Waals surface area contributed by atoms with E-state index in [0.29, 0.717) is 24.7 Å². The number of hydrogen-bond donors (Lipinski definition) is 2. The highest BCUT2D eigenvalue weighted by molar-refractivity contribution is 5.75. The second-order valence-electron chi connectivity index (χ2n) is 5.49. The summed E-state index contributed by atoms with van der Waals surface area (Å²) >= 11 is 0. The van der Waals surface area contributed by atoms with E-state index in [9.17, 15) is 9.59 Å². The molecular formula is C17H26N2O6. The monoisotopic (exact) mass is 354 g/mol. The minimum Gasteiger partial charge on any atom is -0.493 e. The molecule has 0 spiro atoms. The molecule has 0 fully saturated rings. The lowest BCUT2D eigenvalue weighted by atomic mass is 10.1. The molecule has 1 unspecified atom stereocenters. The van der Waals surface area contributed by atoms with Crippen LogP contribution in [0.3, 0.4) is 0 Å². The number of carboxylic acid groups (broad SMARTS) is 1. The average molecular weight is 354 g/mol. The van der Waals surface area contributed by atoms with E-state index in [4.69, 9.17) is 19.3 Å². The summed E-state index contributed by atoms with van der Waals surface area (Å²) in [6.45, 7) is 2.86. The van der Waals surface area contributed by atoms with Crippen molar-refractivity contribution in [2.75, 3.05) is 41.0 Å². The Kier molecular flexibility index (Phi) is 8.55. The molecule has 1 rings (SSSR count). The van der Waals surface area contributed by atoms with Crippen molar-refractivity contribution in [3.8, 4) is 11.5 Å². The summed E-state index contributed by atoms with van der Waals surface area (Å²) in [7, 11) is 4.70. The van der Waals surface area contributed by atoms with Gasteiger partial charge in [0.25, 0.3) is 0 Å². The van der Waals surface area contributed by atoms with E-state index < -0.39 is 5.97 Å². The number of urea groups is 1. The number of carboxylic acids is 1. The van der Waals surface area contributed by atoms with Crippen molar-refractivity contribution in [2.45, 2.75) is 19.4 Å². The van der Waals surface area contributed by atoms with Crippen LogP contribution >= 0.6 is 0 Å². The van der Waals surface area contributed by atoms with Gasteiger partial charge in [-0.1, -0.05) is 6.07 Å². The minimum atomic E-state index is -0.943. The lowest BCUT2D eigenvalue weighted by Gasteiger charge is -2.22. The Morgan fingerprint density at radius 3 is 2.56 bits per heavy atom. The van der Waals surface area contributed by atoms with Crippen LogP contribution in [-0.4, -0.2) is 63.0 Å². The average Bonchev–Trinajstić information content (AvgIpc) is 2.59. The van der Waals surface area contributed by atoms with Gasteiger partial charge in [-0.05, 0) is 24.6 Å². The molecule has 1 aromatic rings. The first-order chi connectivity index (χ1) is 11.9. The molecule has 0 heterocycles. The van der Waals surface area contributed by atoms with Gasteiger partial charge in [-0.25, -0.2) is 4.79 Å². The van der Waals surface area contributed by atoms with Gasteiger partial charge < -0.3 is 29.5 Å². The van der Waals surface area contributed by atoms with Crippen LogP contribution in [0.15, 0.2) is 18.2 Å². The van der Waals surface area contributed by atoms with Gasteiger partial charge >= 0.3 is 12.0 Å². The molecule has 0 saturated heterocycles. The van der Waals surface area contributed by atoms with Crippen molar-refractivity contribution < 1.29 is 28.9 Å². The van der Waals surface area contributed by atoms with Crippen molar-refractivity contribution in [2.24, 2.45) is 0 Å². The fourth-order valence-corrected chi connectivity index (χ4v) is 2.05. The van der Waals surface area contributed by atoms with Crippen molar-refractivity contribution in [3.05, 3.63) is 23.8 Å². The molecule has 0 aliphatic rings. The molecule has 25 heavy (non-hydrogen) atoms. The molecule has 0 aliphatic heterocycles. The highest BCUT2D eigenvalue weighted by Gasteiger charge is 2.16. The molecule has 1 atom stereocenters. The molecule has 0 aliphatic carbocycles. The molecular weight excluding hydrogens is 328 g/mol. The SMILES string of the molecule is COCCOc1ccc(C(C)NC(=O)N(C)CCC(=O)O)cc1OC. The molecule has 0 bridgehead atoms. The molecule has 140 valence electrons. The zero-order valence-electron chi connectivity index (χ0n) is 15.1. The molecule has 8 nitrogen and oxygen atoms in total. The van der Waals surface area contributed by atoms with E-state index >= 15 is 0 Å². The van der Waals surface area contributed by atoms with E-state index in [-0.39, 0.29) is 25.0 Å². The van der Waals surface area contributed by atoms with Crippen LogP contribution in [0, 0.1) is 0 Å². The largest absolute Gasteiger partial charge is 0.493 e. The van der Waals surface area contributed by atoms with Crippen LogP contribution in [0.25, 0.3) is 0 Å². The van der Waals surface area contributed by atoms with Crippen LogP contribution in [0.5, 0.6) is 11.5 Å². The topological polar surface area (TPSA) is 97.3 Å². The number of nitrogens with one attached hydrogen (secondary N) is 1. The van der Waals surface area contributed by atoms with Crippen molar-refractivity contribution in [1.82, 2.24) is 10.2 Å². The third kappa shape index (κ3) is 6.88. The van der Waals surface area contributed by atoms with Crippen LogP contribution in [0.2, 0.25) is 0 Å². The number of benzene rings is 1. The molecule has 2 amide bonds. The van der Waals surface area contributed by atoms with Crippen LogP contribution in [-0.2, 0) is 9.53 Å². The number of methoxy groups -OCH3 is 2. The van der Waals surface area contributed by atoms with Gasteiger partial charge in [0.05, 0.1) is 26.2 Å². The van der Waals surface area contributed by atoms with Crippen LogP contribution in [0.1, 0.15) is 24.9 Å². The number of carbonyl (C=O) groups excluding carboxylic acids is 1. The first kappa shape index (κ1) is 20.6. The fraction of sp³-hybridized carbons (Fsp3) is 0.529. The van der Waals surface area contributed by atoms with E-state index in [1.165, 1.54) is 4.90 Å². The predicted octanol–water partition coefficient (Wildman–Crippen LogP) is 1.90. The zero-order chi connectivity index (χ0) is 18.8. The molecule has 0 saturated carbocycles. The lowest BCUT2D eigenvalue weighted by Crippen LogP contribution is -2.39. The molecule has 2 N–H and O–H groups in total. The Morgan fingerprint density at radius 2 is 1.96 bits per heavy atom. The maximum atomic E-state index is 12.1. The van der Waals surface area contributed by atoms with Gasteiger partial charge in [-0.3, -0.25) is 4.79 Å². The zero-order valence-corrected chi connectivity index (χ0v) is 15.1. The fourth-order valence-electron chi connectivity index (χ4n) is 2.05. The Morgan fingerprint density at radius 1 is 1.24 bits per heavy atom. The van der Waals surface area contributed by atoms with Gasteiger partial charge in [0, 0.05) is 20.7 Å². The second-order valence-corrected chi connectivity index (χ2v) is 5.49. The summed E-state index contributed by atoms with van der Waals surface area (Å²) in [5.41, 5.74) is 0.843. The van der Waals surface area contributed by atoms with Gasteiger partial charge in [0.1, 0.15) is 6.61 Å². The van der Waals surface area contributed by atoms with E-state index in [2.05, 4.69) is 5.32 Å². The van der Waals surface area contributed by atoms with Crippen molar-refractivity contribution >= 4 is 12.0 Å². The van der Waals surface area contributed by atoms with E-state index in [1.807, 2.05) is 13.0 Å². The number of nitrogens with zero attached hydrogens (tertiary/aromatic N) is 1. The summed E-state index contributed by atoms with van der Waals surface area (Å²) < 4.78 is 15.9. The highest BCUT2D eigenvalue weighted by atomic mass is 16.5. The molecule has 1 aromatic carbocycles. The Balaban J connectivity index is 2.69. The summed E-state index contributed by atoms with van der Waals surface area (Å²) in [6.07, 6.45) is -0.0976. The van der Waals surface area contributed by atoms with Crippen molar-refractivity contribution in [1.29, 1.82) is 0 Å². The van der Waals surface area contributed by atoms with Gasteiger partial charge in [-0.15, -0.1) is 0 Å². The number of rotatable bonds is 10. The van der Waals surface area contributed by atoms with Crippen LogP contribution in [0.4, 0.5) is 4.79 Å². The van der Waals surface area contributed by atoms with Gasteiger partial charge in [0.15, 0.2) is 11.5 Å². The maximum absolute atomic E-state index is 12.1.